The minimum absolute atomic E-state index is 0.460. The van der Waals surface area contributed by atoms with Gasteiger partial charge in [0.05, 0.1) is 36.0 Å². The zero-order valence-electron chi connectivity index (χ0n) is 15.6. The van der Waals surface area contributed by atoms with Crippen LogP contribution in [0.2, 0.25) is 0 Å². The molecule has 3 rings (SSSR count). The quantitative estimate of drug-likeness (QED) is 0.620. The Balaban J connectivity index is 1.90. The molecule has 0 N–H and O–H groups in total. The van der Waals surface area contributed by atoms with E-state index in [9.17, 15) is 0 Å². The topological polar surface area (TPSA) is 73.9 Å². The van der Waals surface area contributed by atoms with E-state index in [0.717, 1.165) is 23.4 Å². The third kappa shape index (κ3) is 4.45. The average Bonchev–Trinajstić information content (AvgIpc) is 3.14. The van der Waals surface area contributed by atoms with Gasteiger partial charge < -0.3 is 9.15 Å². The molecule has 0 amide bonds. The van der Waals surface area contributed by atoms with E-state index in [4.69, 9.17) is 9.15 Å². The minimum atomic E-state index is 0.460. The molecule has 0 aliphatic heterocycles. The lowest BCUT2D eigenvalue weighted by molar-refractivity contribution is 0.239. The second kappa shape index (κ2) is 8.08. The van der Waals surface area contributed by atoms with Crippen molar-refractivity contribution in [2.75, 3.05) is 6.61 Å². The molecule has 0 spiro atoms. The van der Waals surface area contributed by atoms with E-state index >= 15 is 0 Å². The number of oxazole rings is 1. The Morgan fingerprint density at radius 2 is 1.96 bits per heavy atom. The van der Waals surface area contributed by atoms with Gasteiger partial charge in [0.2, 0.25) is 0 Å². The molecule has 0 saturated heterocycles. The summed E-state index contributed by atoms with van der Waals surface area (Å²) in [5.41, 5.74) is 2.32. The van der Waals surface area contributed by atoms with Crippen LogP contribution in [0.25, 0.3) is 22.7 Å². The number of ether oxygens (including phenoxy) is 1. The van der Waals surface area contributed by atoms with Crippen molar-refractivity contribution in [2.24, 2.45) is 11.8 Å². The van der Waals surface area contributed by atoms with Crippen molar-refractivity contribution in [3.05, 3.63) is 42.9 Å². The first-order valence-electron chi connectivity index (χ1n) is 8.84. The Bertz CT molecular complexity index is 847. The Labute approximate surface area is 153 Å². The van der Waals surface area contributed by atoms with Crippen molar-refractivity contribution in [2.45, 2.75) is 34.1 Å². The lowest BCUT2D eigenvalue weighted by atomic mass is 10.00. The van der Waals surface area contributed by atoms with Crippen LogP contribution >= 0.6 is 0 Å². The first-order chi connectivity index (χ1) is 12.5. The maximum absolute atomic E-state index is 6.06. The first kappa shape index (κ1) is 18.0. The fourth-order valence-corrected chi connectivity index (χ4v) is 2.94. The number of hydrogen-bond donors (Lipinski definition) is 0. The molecule has 3 heterocycles. The predicted molar refractivity (Wildman–Crippen MR) is 99.6 cm³/mol. The fourth-order valence-electron chi connectivity index (χ4n) is 2.94. The summed E-state index contributed by atoms with van der Waals surface area (Å²) in [6, 6.07) is 3.76. The summed E-state index contributed by atoms with van der Waals surface area (Å²) < 4.78 is 11.5. The van der Waals surface area contributed by atoms with E-state index in [2.05, 4.69) is 40.7 Å². The van der Waals surface area contributed by atoms with Crippen LogP contribution in [0.5, 0.6) is 5.75 Å². The molecule has 0 radical (unpaired) electrons. The Kier molecular flexibility index (Phi) is 5.61. The van der Waals surface area contributed by atoms with Gasteiger partial charge in [-0.05, 0) is 37.3 Å². The SMILES string of the molecule is Cc1nccc(-c2cc(-c3cnco3)c(OCC(C)CC(C)C)cn2)n1. The van der Waals surface area contributed by atoms with E-state index in [1.165, 1.54) is 6.39 Å². The van der Waals surface area contributed by atoms with Crippen molar-refractivity contribution in [1.29, 1.82) is 0 Å². The van der Waals surface area contributed by atoms with Crippen molar-refractivity contribution < 1.29 is 9.15 Å². The molecule has 0 saturated carbocycles. The highest BCUT2D eigenvalue weighted by molar-refractivity contribution is 5.70. The van der Waals surface area contributed by atoms with Gasteiger partial charge in [-0.15, -0.1) is 0 Å². The van der Waals surface area contributed by atoms with Crippen LogP contribution in [0, 0.1) is 18.8 Å². The monoisotopic (exact) mass is 352 g/mol. The predicted octanol–water partition coefficient (Wildman–Crippen LogP) is 4.56. The Hall–Kier alpha value is -2.76. The van der Waals surface area contributed by atoms with Gasteiger partial charge in [0.15, 0.2) is 12.2 Å². The molecule has 3 aromatic heterocycles. The van der Waals surface area contributed by atoms with Crippen LogP contribution < -0.4 is 4.74 Å². The second-order valence-corrected chi connectivity index (χ2v) is 6.97. The molecule has 6 heteroatoms. The largest absolute Gasteiger partial charge is 0.491 e. The lowest BCUT2D eigenvalue weighted by Crippen LogP contribution is -2.11. The number of hydrogen-bond acceptors (Lipinski definition) is 6. The molecule has 6 nitrogen and oxygen atoms in total. The average molecular weight is 352 g/mol. The van der Waals surface area contributed by atoms with Crippen LogP contribution in [0.4, 0.5) is 0 Å². The van der Waals surface area contributed by atoms with Crippen molar-refractivity contribution in [1.82, 2.24) is 19.9 Å². The standard InChI is InChI=1S/C20H24N4O2/c1-13(2)7-14(3)11-25-20-10-23-18(17-5-6-22-15(4)24-17)8-16(20)19-9-21-12-26-19/h5-6,8-10,12-14H,7,11H2,1-4H3. The maximum atomic E-state index is 6.06. The number of aromatic nitrogens is 4. The van der Waals surface area contributed by atoms with Gasteiger partial charge in [0.1, 0.15) is 11.6 Å². The third-order valence-electron chi connectivity index (χ3n) is 4.00. The van der Waals surface area contributed by atoms with Crippen LogP contribution in [-0.4, -0.2) is 26.5 Å². The molecule has 1 unspecified atom stereocenters. The van der Waals surface area contributed by atoms with Crippen LogP contribution in [-0.2, 0) is 0 Å². The third-order valence-corrected chi connectivity index (χ3v) is 4.00. The molecule has 0 aliphatic carbocycles. The van der Waals surface area contributed by atoms with Crippen LogP contribution in [0.3, 0.4) is 0 Å². The molecule has 0 bridgehead atoms. The second-order valence-electron chi connectivity index (χ2n) is 6.97. The molecule has 3 aromatic rings. The molecule has 0 fully saturated rings. The van der Waals surface area contributed by atoms with E-state index in [1.54, 1.807) is 18.6 Å². The van der Waals surface area contributed by atoms with Gasteiger partial charge in [0, 0.05) is 6.20 Å². The minimum Gasteiger partial charge on any atom is -0.491 e. The number of aryl methyl sites for hydroxylation is 1. The summed E-state index contributed by atoms with van der Waals surface area (Å²) in [6.07, 6.45) is 7.66. The van der Waals surface area contributed by atoms with Gasteiger partial charge in [-0.25, -0.2) is 15.0 Å². The van der Waals surface area contributed by atoms with Crippen molar-refractivity contribution in [3.8, 4) is 28.5 Å². The van der Waals surface area contributed by atoms with Crippen molar-refractivity contribution in [3.63, 3.8) is 0 Å². The normalized spacial score (nSPS) is 12.3. The summed E-state index contributed by atoms with van der Waals surface area (Å²) in [4.78, 5) is 17.1. The van der Waals surface area contributed by atoms with Crippen LogP contribution in [0.1, 0.15) is 33.0 Å². The number of nitrogens with zero attached hydrogens (tertiary/aromatic N) is 4. The van der Waals surface area contributed by atoms with Gasteiger partial charge in [-0.2, -0.15) is 0 Å². The molecule has 26 heavy (non-hydrogen) atoms. The molecule has 0 aromatic carbocycles. The lowest BCUT2D eigenvalue weighted by Gasteiger charge is -2.16. The summed E-state index contributed by atoms with van der Waals surface area (Å²) in [5.74, 6) is 3.14. The molecular formula is C20H24N4O2. The van der Waals surface area contributed by atoms with E-state index < -0.39 is 0 Å². The molecular weight excluding hydrogens is 328 g/mol. The van der Waals surface area contributed by atoms with E-state index in [-0.39, 0.29) is 0 Å². The maximum Gasteiger partial charge on any atom is 0.181 e. The summed E-state index contributed by atoms with van der Waals surface area (Å²) in [5, 5.41) is 0. The molecule has 1 atom stereocenters. The van der Waals surface area contributed by atoms with E-state index in [1.807, 2.05) is 19.1 Å². The highest BCUT2D eigenvalue weighted by Crippen LogP contribution is 2.32. The summed E-state index contributed by atoms with van der Waals surface area (Å²) in [7, 11) is 0. The van der Waals surface area contributed by atoms with Gasteiger partial charge in [0.25, 0.3) is 0 Å². The number of rotatable bonds is 7. The van der Waals surface area contributed by atoms with E-state index in [0.29, 0.717) is 35.8 Å². The summed E-state index contributed by atoms with van der Waals surface area (Å²) >= 11 is 0. The summed E-state index contributed by atoms with van der Waals surface area (Å²) in [6.45, 7) is 9.12. The highest BCUT2D eigenvalue weighted by atomic mass is 16.5. The van der Waals surface area contributed by atoms with Gasteiger partial charge in [-0.3, -0.25) is 4.98 Å². The Morgan fingerprint density at radius 3 is 2.65 bits per heavy atom. The van der Waals surface area contributed by atoms with Gasteiger partial charge in [-0.1, -0.05) is 20.8 Å². The van der Waals surface area contributed by atoms with Crippen molar-refractivity contribution >= 4 is 0 Å². The zero-order valence-corrected chi connectivity index (χ0v) is 15.6. The molecule has 0 aliphatic rings. The first-order valence-corrected chi connectivity index (χ1v) is 8.84. The smallest absolute Gasteiger partial charge is 0.181 e. The highest BCUT2D eigenvalue weighted by Gasteiger charge is 2.15. The van der Waals surface area contributed by atoms with Crippen LogP contribution in [0.15, 0.2) is 41.5 Å². The van der Waals surface area contributed by atoms with Gasteiger partial charge >= 0.3 is 0 Å². The number of pyridine rings is 1. The fraction of sp³-hybridized carbons (Fsp3) is 0.400. The Morgan fingerprint density at radius 1 is 1.12 bits per heavy atom. The zero-order chi connectivity index (χ0) is 18.5. The molecule has 136 valence electrons.